The SMILES string of the molecule is COCc1nnc(N2CC(C(=O)NCCc3nc(C)cc(C)n3)CC2=O)s1. The van der Waals surface area contributed by atoms with Crippen LogP contribution in [0.15, 0.2) is 6.07 Å². The van der Waals surface area contributed by atoms with Crippen LogP contribution >= 0.6 is 11.3 Å². The van der Waals surface area contributed by atoms with Crippen LogP contribution in [0.3, 0.4) is 0 Å². The first-order valence-corrected chi connectivity index (χ1v) is 9.48. The van der Waals surface area contributed by atoms with E-state index < -0.39 is 5.92 Å². The molecule has 1 aliphatic rings. The van der Waals surface area contributed by atoms with Crippen molar-refractivity contribution in [2.75, 3.05) is 25.1 Å². The molecular formula is C17H22N6O3S. The van der Waals surface area contributed by atoms with Gasteiger partial charge >= 0.3 is 0 Å². The molecule has 144 valence electrons. The molecule has 0 saturated carbocycles. The van der Waals surface area contributed by atoms with Gasteiger partial charge < -0.3 is 10.1 Å². The zero-order valence-corrected chi connectivity index (χ0v) is 16.4. The number of ether oxygens (including phenoxy) is 1. The van der Waals surface area contributed by atoms with Gasteiger partial charge in [-0.15, -0.1) is 10.2 Å². The van der Waals surface area contributed by atoms with Crippen LogP contribution in [0.1, 0.15) is 28.6 Å². The summed E-state index contributed by atoms with van der Waals surface area (Å²) in [6.07, 6.45) is 0.723. The Kier molecular flexibility index (Phi) is 6.07. The molecule has 1 unspecified atom stereocenters. The normalized spacial score (nSPS) is 16.8. The molecule has 0 spiro atoms. The topological polar surface area (TPSA) is 110 Å². The highest BCUT2D eigenvalue weighted by atomic mass is 32.1. The van der Waals surface area contributed by atoms with Crippen molar-refractivity contribution in [3.05, 3.63) is 28.3 Å². The van der Waals surface area contributed by atoms with Crippen LogP contribution < -0.4 is 10.2 Å². The van der Waals surface area contributed by atoms with E-state index in [-0.39, 0.29) is 18.2 Å². The zero-order chi connectivity index (χ0) is 19.4. The molecule has 1 aliphatic heterocycles. The number of hydrogen-bond donors (Lipinski definition) is 1. The van der Waals surface area contributed by atoms with Crippen molar-refractivity contribution in [2.24, 2.45) is 5.92 Å². The van der Waals surface area contributed by atoms with Crippen molar-refractivity contribution < 1.29 is 14.3 Å². The molecule has 2 amide bonds. The van der Waals surface area contributed by atoms with E-state index in [4.69, 9.17) is 4.74 Å². The van der Waals surface area contributed by atoms with Gasteiger partial charge in [-0.2, -0.15) is 0 Å². The van der Waals surface area contributed by atoms with E-state index in [1.807, 2.05) is 19.9 Å². The molecular weight excluding hydrogens is 368 g/mol. The second kappa shape index (κ2) is 8.49. The molecule has 3 heterocycles. The largest absolute Gasteiger partial charge is 0.377 e. The van der Waals surface area contributed by atoms with E-state index in [9.17, 15) is 9.59 Å². The van der Waals surface area contributed by atoms with Crippen LogP contribution in [-0.2, 0) is 27.4 Å². The second-order valence-electron chi connectivity index (χ2n) is 6.42. The molecule has 3 rings (SSSR count). The summed E-state index contributed by atoms with van der Waals surface area (Å²) in [5.41, 5.74) is 1.82. The summed E-state index contributed by atoms with van der Waals surface area (Å²) in [7, 11) is 1.57. The molecule has 1 fully saturated rings. The first-order valence-electron chi connectivity index (χ1n) is 8.67. The fourth-order valence-electron chi connectivity index (χ4n) is 2.96. The highest BCUT2D eigenvalue weighted by Crippen LogP contribution is 2.28. The van der Waals surface area contributed by atoms with Crippen LogP contribution in [-0.4, -0.2) is 52.2 Å². The van der Waals surface area contributed by atoms with Crippen molar-refractivity contribution in [3.63, 3.8) is 0 Å². The minimum atomic E-state index is -0.396. The predicted molar refractivity (Wildman–Crippen MR) is 99.3 cm³/mol. The molecule has 1 N–H and O–H groups in total. The van der Waals surface area contributed by atoms with Gasteiger partial charge in [0.05, 0.1) is 5.92 Å². The summed E-state index contributed by atoms with van der Waals surface area (Å²) in [6.45, 7) is 4.93. The fraction of sp³-hybridized carbons (Fsp3) is 0.529. The summed E-state index contributed by atoms with van der Waals surface area (Å²) in [5.74, 6) is 0.0497. The number of rotatable bonds is 7. The Morgan fingerprint density at radius 1 is 1.33 bits per heavy atom. The van der Waals surface area contributed by atoms with Gasteiger partial charge in [0.15, 0.2) is 0 Å². The fourth-order valence-corrected chi connectivity index (χ4v) is 3.79. The molecule has 27 heavy (non-hydrogen) atoms. The lowest BCUT2D eigenvalue weighted by Gasteiger charge is -2.12. The van der Waals surface area contributed by atoms with Crippen molar-refractivity contribution in [1.82, 2.24) is 25.5 Å². The highest BCUT2D eigenvalue weighted by molar-refractivity contribution is 7.15. The van der Waals surface area contributed by atoms with E-state index in [0.717, 1.165) is 11.4 Å². The number of hydrogen-bond acceptors (Lipinski definition) is 8. The van der Waals surface area contributed by atoms with Crippen LogP contribution in [0.4, 0.5) is 5.13 Å². The van der Waals surface area contributed by atoms with Gasteiger partial charge in [0.2, 0.25) is 16.9 Å². The Bertz CT molecular complexity index is 820. The summed E-state index contributed by atoms with van der Waals surface area (Å²) in [6, 6.07) is 1.91. The van der Waals surface area contributed by atoms with E-state index in [1.54, 1.807) is 7.11 Å². The lowest BCUT2D eigenvalue weighted by atomic mass is 10.1. The quantitative estimate of drug-likeness (QED) is 0.744. The maximum Gasteiger partial charge on any atom is 0.229 e. The molecule has 1 saturated heterocycles. The van der Waals surface area contributed by atoms with Crippen LogP contribution in [0.25, 0.3) is 0 Å². The van der Waals surface area contributed by atoms with Gasteiger partial charge in [0.25, 0.3) is 0 Å². The maximum atomic E-state index is 12.4. The number of aromatic nitrogens is 4. The Balaban J connectivity index is 1.52. The number of carbonyl (C=O) groups is 2. The summed E-state index contributed by atoms with van der Waals surface area (Å²) < 4.78 is 5.02. The van der Waals surface area contributed by atoms with Gasteiger partial charge in [-0.3, -0.25) is 14.5 Å². The van der Waals surface area contributed by atoms with E-state index in [1.165, 1.54) is 16.2 Å². The number of nitrogens with one attached hydrogen (secondary N) is 1. The molecule has 0 radical (unpaired) electrons. The Morgan fingerprint density at radius 3 is 2.78 bits per heavy atom. The summed E-state index contributed by atoms with van der Waals surface area (Å²) in [5, 5.41) is 12.1. The number of amides is 2. The Hall–Kier alpha value is -2.46. The van der Waals surface area contributed by atoms with E-state index >= 15 is 0 Å². The van der Waals surface area contributed by atoms with Crippen LogP contribution in [0.2, 0.25) is 0 Å². The van der Waals surface area contributed by atoms with Crippen molar-refractivity contribution >= 4 is 28.3 Å². The zero-order valence-electron chi connectivity index (χ0n) is 15.6. The maximum absolute atomic E-state index is 12.4. The van der Waals surface area contributed by atoms with Crippen LogP contribution in [0, 0.1) is 19.8 Å². The van der Waals surface area contributed by atoms with Gasteiger partial charge in [0.1, 0.15) is 17.4 Å². The first kappa shape index (κ1) is 19.3. The van der Waals surface area contributed by atoms with Gasteiger partial charge in [-0.1, -0.05) is 11.3 Å². The minimum Gasteiger partial charge on any atom is -0.377 e. The number of carbonyl (C=O) groups excluding carboxylic acids is 2. The number of nitrogens with zero attached hydrogens (tertiary/aromatic N) is 5. The number of anilines is 1. The molecule has 10 heteroatoms. The summed E-state index contributed by atoms with van der Waals surface area (Å²) in [4.78, 5) is 34.9. The van der Waals surface area contributed by atoms with Crippen molar-refractivity contribution in [3.8, 4) is 0 Å². The van der Waals surface area contributed by atoms with Crippen molar-refractivity contribution in [1.29, 1.82) is 0 Å². The van der Waals surface area contributed by atoms with E-state index in [0.29, 0.717) is 42.1 Å². The van der Waals surface area contributed by atoms with Gasteiger partial charge in [0, 0.05) is 44.4 Å². The molecule has 0 aromatic carbocycles. The van der Waals surface area contributed by atoms with E-state index in [2.05, 4.69) is 25.5 Å². The smallest absolute Gasteiger partial charge is 0.229 e. The number of aryl methyl sites for hydroxylation is 2. The molecule has 0 aliphatic carbocycles. The third-order valence-electron chi connectivity index (χ3n) is 4.13. The Labute approximate surface area is 161 Å². The monoisotopic (exact) mass is 390 g/mol. The third-order valence-corrected chi connectivity index (χ3v) is 5.05. The molecule has 2 aromatic rings. The van der Waals surface area contributed by atoms with Crippen molar-refractivity contribution in [2.45, 2.75) is 33.3 Å². The van der Waals surface area contributed by atoms with Crippen LogP contribution in [0.5, 0.6) is 0 Å². The molecule has 2 aromatic heterocycles. The standard InChI is InChI=1S/C17H22N6O3S/c1-10-6-11(2)20-13(19-10)4-5-18-16(25)12-7-15(24)23(8-12)17-22-21-14(27-17)9-26-3/h6,12H,4-5,7-9H2,1-3H3,(H,18,25). The number of methoxy groups -OCH3 is 1. The average molecular weight is 390 g/mol. The lowest BCUT2D eigenvalue weighted by molar-refractivity contribution is -0.126. The lowest BCUT2D eigenvalue weighted by Crippen LogP contribution is -2.34. The minimum absolute atomic E-state index is 0.118. The van der Waals surface area contributed by atoms with Gasteiger partial charge in [-0.05, 0) is 19.9 Å². The van der Waals surface area contributed by atoms with Gasteiger partial charge in [-0.25, -0.2) is 9.97 Å². The highest BCUT2D eigenvalue weighted by Gasteiger charge is 2.36. The molecule has 1 atom stereocenters. The summed E-state index contributed by atoms with van der Waals surface area (Å²) >= 11 is 1.30. The molecule has 0 bridgehead atoms. The third kappa shape index (κ3) is 4.83. The molecule has 9 nitrogen and oxygen atoms in total. The Morgan fingerprint density at radius 2 is 2.07 bits per heavy atom. The second-order valence-corrected chi connectivity index (χ2v) is 7.47. The predicted octanol–water partition coefficient (Wildman–Crippen LogP) is 0.803. The first-order chi connectivity index (χ1) is 13.0. The average Bonchev–Trinajstić information content (AvgIpc) is 3.21.